The first-order valence-corrected chi connectivity index (χ1v) is 9.24. The van der Waals surface area contributed by atoms with E-state index in [1.807, 2.05) is 0 Å². The molecule has 26 heavy (non-hydrogen) atoms. The van der Waals surface area contributed by atoms with Gasteiger partial charge in [-0.3, -0.25) is 9.59 Å². The average molecular weight is 374 g/mol. The van der Waals surface area contributed by atoms with Crippen molar-refractivity contribution in [1.29, 1.82) is 0 Å². The number of benzene rings is 1. The molecule has 7 heteroatoms. The van der Waals surface area contributed by atoms with Crippen molar-refractivity contribution in [1.82, 2.24) is 0 Å². The molecule has 0 saturated heterocycles. The third kappa shape index (κ3) is 3.39. The second-order valence-corrected chi connectivity index (χ2v) is 7.55. The second-order valence-electron chi connectivity index (χ2n) is 6.44. The minimum atomic E-state index is -0.500. The zero-order chi connectivity index (χ0) is 18.8. The van der Waals surface area contributed by atoms with Gasteiger partial charge in [0.25, 0.3) is 11.8 Å². The molecule has 2 aromatic rings. The number of fused-ring (bicyclic) bond motifs is 1. The third-order valence-corrected chi connectivity index (χ3v) is 5.80. The van der Waals surface area contributed by atoms with E-state index in [4.69, 9.17) is 15.2 Å². The van der Waals surface area contributed by atoms with Gasteiger partial charge in [-0.15, -0.1) is 11.3 Å². The molecule has 1 heterocycles. The summed E-state index contributed by atoms with van der Waals surface area (Å²) in [5.74, 6) is 0.757. The first-order valence-electron chi connectivity index (χ1n) is 8.42. The van der Waals surface area contributed by atoms with Crippen LogP contribution in [0, 0.1) is 5.92 Å². The Kier molecular flexibility index (Phi) is 5.18. The number of hydrogen-bond donors (Lipinski definition) is 2. The van der Waals surface area contributed by atoms with Crippen LogP contribution in [0.2, 0.25) is 0 Å². The summed E-state index contributed by atoms with van der Waals surface area (Å²) in [6, 6.07) is 4.92. The Balaban J connectivity index is 1.91. The van der Waals surface area contributed by atoms with Gasteiger partial charge in [0.2, 0.25) is 0 Å². The Hall–Kier alpha value is -2.54. The van der Waals surface area contributed by atoms with Gasteiger partial charge in [0.05, 0.1) is 19.8 Å². The molecule has 1 aliphatic carbocycles. The molecule has 2 amide bonds. The lowest BCUT2D eigenvalue weighted by atomic mass is 9.88. The molecular formula is C19H22N2O4S. The number of rotatable bonds is 5. The van der Waals surface area contributed by atoms with E-state index in [1.54, 1.807) is 18.2 Å². The molecule has 0 spiro atoms. The fraction of sp³-hybridized carbons (Fsp3) is 0.368. The minimum absolute atomic E-state index is 0.319. The highest BCUT2D eigenvalue weighted by Gasteiger charge is 2.27. The zero-order valence-corrected chi connectivity index (χ0v) is 15.9. The van der Waals surface area contributed by atoms with Gasteiger partial charge in [-0.25, -0.2) is 0 Å². The van der Waals surface area contributed by atoms with Crippen molar-refractivity contribution in [2.45, 2.75) is 26.2 Å². The van der Waals surface area contributed by atoms with Crippen LogP contribution in [0.4, 0.5) is 5.00 Å². The van der Waals surface area contributed by atoms with Crippen molar-refractivity contribution in [2.75, 3.05) is 19.5 Å². The highest BCUT2D eigenvalue weighted by atomic mass is 32.1. The van der Waals surface area contributed by atoms with E-state index in [-0.39, 0.29) is 5.91 Å². The Labute approximate surface area is 156 Å². The number of anilines is 1. The lowest BCUT2D eigenvalue weighted by Crippen LogP contribution is -2.19. The number of nitrogens with one attached hydrogen (secondary N) is 1. The summed E-state index contributed by atoms with van der Waals surface area (Å²) in [6.45, 7) is 2.19. The van der Waals surface area contributed by atoms with Crippen molar-refractivity contribution in [3.8, 4) is 11.5 Å². The Bertz CT molecular complexity index is 859. The van der Waals surface area contributed by atoms with Crippen LogP contribution in [-0.4, -0.2) is 26.0 Å². The van der Waals surface area contributed by atoms with Crippen molar-refractivity contribution in [2.24, 2.45) is 11.7 Å². The van der Waals surface area contributed by atoms with Crippen LogP contribution in [0.1, 0.15) is 44.5 Å². The fourth-order valence-corrected chi connectivity index (χ4v) is 4.66. The van der Waals surface area contributed by atoms with Crippen LogP contribution in [0.15, 0.2) is 18.2 Å². The van der Waals surface area contributed by atoms with Crippen molar-refractivity contribution < 1.29 is 19.1 Å². The number of nitrogens with two attached hydrogens (primary N) is 1. The molecule has 6 nitrogen and oxygen atoms in total. The molecule has 0 bridgehead atoms. The van der Waals surface area contributed by atoms with Crippen LogP contribution in [-0.2, 0) is 12.8 Å². The van der Waals surface area contributed by atoms with Crippen LogP contribution >= 0.6 is 11.3 Å². The standard InChI is InChI=1S/C19H22N2O4S/c1-10-4-6-12-15(8-10)26-19(16(12)17(20)22)21-18(23)11-5-7-13(24-2)14(9-11)25-3/h5,7,9-10H,4,6,8H2,1-3H3,(H2,20,22)(H,21,23). The second kappa shape index (κ2) is 7.37. The summed E-state index contributed by atoms with van der Waals surface area (Å²) in [5.41, 5.74) is 7.45. The molecule has 0 fully saturated rings. The number of carbonyl (C=O) groups excluding carboxylic acids is 2. The predicted molar refractivity (Wildman–Crippen MR) is 102 cm³/mol. The molecular weight excluding hydrogens is 352 g/mol. The number of carbonyl (C=O) groups is 2. The topological polar surface area (TPSA) is 90.6 Å². The first-order chi connectivity index (χ1) is 12.4. The van der Waals surface area contributed by atoms with E-state index in [1.165, 1.54) is 25.6 Å². The zero-order valence-electron chi connectivity index (χ0n) is 15.0. The molecule has 3 rings (SSSR count). The van der Waals surface area contributed by atoms with E-state index < -0.39 is 5.91 Å². The number of primary amides is 1. The van der Waals surface area contributed by atoms with Crippen LogP contribution in [0.25, 0.3) is 0 Å². The van der Waals surface area contributed by atoms with Gasteiger partial charge in [0.1, 0.15) is 5.00 Å². The van der Waals surface area contributed by atoms with E-state index in [0.29, 0.717) is 33.5 Å². The molecule has 1 aromatic carbocycles. The average Bonchev–Trinajstić information content (AvgIpc) is 2.97. The van der Waals surface area contributed by atoms with Gasteiger partial charge in [-0.2, -0.15) is 0 Å². The quantitative estimate of drug-likeness (QED) is 0.840. The SMILES string of the molecule is COc1ccc(C(=O)Nc2sc3c(c2C(N)=O)CCC(C)C3)cc1OC. The lowest BCUT2D eigenvalue weighted by Gasteiger charge is -2.18. The van der Waals surface area contributed by atoms with Gasteiger partial charge in [0.15, 0.2) is 11.5 Å². The summed E-state index contributed by atoms with van der Waals surface area (Å²) in [6.07, 6.45) is 2.75. The highest BCUT2D eigenvalue weighted by Crippen LogP contribution is 2.39. The molecule has 1 aliphatic rings. The van der Waals surface area contributed by atoms with Gasteiger partial charge < -0.3 is 20.5 Å². The third-order valence-electron chi connectivity index (χ3n) is 4.63. The predicted octanol–water partition coefficient (Wildman–Crippen LogP) is 3.24. The van der Waals surface area contributed by atoms with Crippen LogP contribution in [0.5, 0.6) is 11.5 Å². The Morgan fingerprint density at radius 1 is 1.23 bits per heavy atom. The van der Waals surface area contributed by atoms with Crippen molar-refractivity contribution in [3.63, 3.8) is 0 Å². The van der Waals surface area contributed by atoms with E-state index in [2.05, 4.69) is 12.2 Å². The smallest absolute Gasteiger partial charge is 0.256 e. The first kappa shape index (κ1) is 18.3. The molecule has 1 atom stereocenters. The van der Waals surface area contributed by atoms with Crippen molar-refractivity contribution in [3.05, 3.63) is 39.8 Å². The summed E-state index contributed by atoms with van der Waals surface area (Å²) in [4.78, 5) is 25.8. The lowest BCUT2D eigenvalue weighted by molar-refractivity contribution is 0.1000. The molecule has 138 valence electrons. The largest absolute Gasteiger partial charge is 0.493 e. The van der Waals surface area contributed by atoms with Crippen molar-refractivity contribution >= 4 is 28.2 Å². The molecule has 0 radical (unpaired) electrons. The molecule has 0 aliphatic heterocycles. The summed E-state index contributed by atoms with van der Waals surface area (Å²) in [5, 5.41) is 3.38. The normalized spacial score (nSPS) is 15.9. The summed E-state index contributed by atoms with van der Waals surface area (Å²) in [7, 11) is 3.05. The van der Waals surface area contributed by atoms with Crippen LogP contribution in [0.3, 0.4) is 0 Å². The summed E-state index contributed by atoms with van der Waals surface area (Å²) < 4.78 is 10.4. The molecule has 3 N–H and O–H groups in total. The maximum absolute atomic E-state index is 12.7. The van der Waals surface area contributed by atoms with E-state index in [0.717, 1.165) is 29.7 Å². The maximum Gasteiger partial charge on any atom is 0.256 e. The van der Waals surface area contributed by atoms with Gasteiger partial charge in [-0.05, 0) is 48.9 Å². The Morgan fingerprint density at radius 2 is 1.96 bits per heavy atom. The molecule has 0 saturated carbocycles. The molecule has 1 unspecified atom stereocenters. The van der Waals surface area contributed by atoms with Gasteiger partial charge in [-0.1, -0.05) is 6.92 Å². The fourth-order valence-electron chi connectivity index (χ4n) is 3.25. The minimum Gasteiger partial charge on any atom is -0.493 e. The number of thiophene rings is 1. The van der Waals surface area contributed by atoms with E-state index in [9.17, 15) is 9.59 Å². The van der Waals surface area contributed by atoms with E-state index >= 15 is 0 Å². The number of amides is 2. The van der Waals surface area contributed by atoms with Gasteiger partial charge in [0, 0.05) is 10.4 Å². The number of ether oxygens (including phenoxy) is 2. The highest BCUT2D eigenvalue weighted by molar-refractivity contribution is 7.17. The molecule has 1 aromatic heterocycles. The Morgan fingerprint density at radius 3 is 2.62 bits per heavy atom. The monoisotopic (exact) mass is 374 g/mol. The van der Waals surface area contributed by atoms with Gasteiger partial charge >= 0.3 is 0 Å². The number of methoxy groups -OCH3 is 2. The number of hydrogen-bond acceptors (Lipinski definition) is 5. The summed E-state index contributed by atoms with van der Waals surface area (Å²) >= 11 is 1.45. The maximum atomic E-state index is 12.7. The van der Waals surface area contributed by atoms with Crippen LogP contribution < -0.4 is 20.5 Å².